The SMILES string of the molecule is Nc1cc(-c2cc3cccc(O)c3o2)[nH]n1. The third-order valence-electron chi connectivity index (χ3n) is 2.39. The van der Waals surface area contributed by atoms with E-state index in [9.17, 15) is 5.11 Å². The highest BCUT2D eigenvalue weighted by Gasteiger charge is 2.10. The van der Waals surface area contributed by atoms with E-state index in [1.807, 2.05) is 12.1 Å². The summed E-state index contributed by atoms with van der Waals surface area (Å²) in [4.78, 5) is 0. The van der Waals surface area contributed by atoms with Gasteiger partial charge in [-0.15, -0.1) is 0 Å². The second-order valence-corrected chi connectivity index (χ2v) is 3.51. The minimum absolute atomic E-state index is 0.122. The zero-order valence-corrected chi connectivity index (χ0v) is 8.27. The molecule has 3 rings (SSSR count). The van der Waals surface area contributed by atoms with Crippen molar-refractivity contribution in [1.29, 1.82) is 0 Å². The van der Waals surface area contributed by atoms with Gasteiger partial charge in [0, 0.05) is 11.5 Å². The summed E-state index contributed by atoms with van der Waals surface area (Å²) in [6, 6.07) is 8.70. The number of furan rings is 1. The Balaban J connectivity index is 2.22. The second-order valence-electron chi connectivity index (χ2n) is 3.51. The van der Waals surface area contributed by atoms with Crippen LogP contribution in [-0.4, -0.2) is 15.3 Å². The molecule has 0 radical (unpaired) electrons. The van der Waals surface area contributed by atoms with E-state index in [4.69, 9.17) is 10.2 Å². The van der Waals surface area contributed by atoms with Gasteiger partial charge in [0.25, 0.3) is 0 Å². The Hall–Kier alpha value is -2.43. The lowest BCUT2D eigenvalue weighted by atomic mass is 10.2. The third kappa shape index (κ3) is 1.22. The molecule has 2 heterocycles. The van der Waals surface area contributed by atoms with Crippen molar-refractivity contribution in [3.05, 3.63) is 30.3 Å². The Kier molecular flexibility index (Phi) is 1.67. The summed E-state index contributed by atoms with van der Waals surface area (Å²) in [6.07, 6.45) is 0. The molecule has 3 aromatic rings. The lowest BCUT2D eigenvalue weighted by Gasteiger charge is -1.91. The Bertz CT molecular complexity index is 654. The normalized spacial score (nSPS) is 11.0. The van der Waals surface area contributed by atoms with E-state index < -0.39 is 0 Å². The summed E-state index contributed by atoms with van der Waals surface area (Å²) in [6.45, 7) is 0. The number of nitrogens with two attached hydrogens (primary N) is 1. The minimum Gasteiger partial charge on any atom is -0.504 e. The molecule has 0 amide bonds. The summed E-state index contributed by atoms with van der Waals surface area (Å²) in [7, 11) is 0. The van der Waals surface area contributed by atoms with Crippen LogP contribution in [-0.2, 0) is 0 Å². The maximum absolute atomic E-state index is 9.59. The van der Waals surface area contributed by atoms with Gasteiger partial charge < -0.3 is 15.3 Å². The van der Waals surface area contributed by atoms with Gasteiger partial charge in [0.15, 0.2) is 17.1 Å². The molecule has 5 heteroatoms. The van der Waals surface area contributed by atoms with Crippen molar-refractivity contribution in [3.8, 4) is 17.2 Å². The minimum atomic E-state index is 0.122. The number of aromatic nitrogens is 2. The number of H-pyrrole nitrogens is 1. The number of nitrogen functional groups attached to an aromatic ring is 1. The van der Waals surface area contributed by atoms with E-state index in [1.54, 1.807) is 18.2 Å². The topological polar surface area (TPSA) is 88.1 Å². The number of hydrogen-bond acceptors (Lipinski definition) is 4. The van der Waals surface area contributed by atoms with Crippen molar-refractivity contribution in [2.45, 2.75) is 0 Å². The van der Waals surface area contributed by atoms with Crippen LogP contribution >= 0.6 is 0 Å². The van der Waals surface area contributed by atoms with E-state index in [0.29, 0.717) is 22.9 Å². The average molecular weight is 215 g/mol. The maximum atomic E-state index is 9.59. The lowest BCUT2D eigenvalue weighted by molar-refractivity contribution is 0.466. The van der Waals surface area contributed by atoms with Gasteiger partial charge in [0.2, 0.25) is 0 Å². The number of anilines is 1. The summed E-state index contributed by atoms with van der Waals surface area (Å²) in [5.74, 6) is 1.12. The average Bonchev–Trinajstić information content (AvgIpc) is 2.84. The number of phenolic OH excluding ortho intramolecular Hbond substituents is 1. The number of aromatic hydroxyl groups is 1. The van der Waals surface area contributed by atoms with Crippen LogP contribution in [0, 0.1) is 0 Å². The zero-order valence-electron chi connectivity index (χ0n) is 8.27. The number of rotatable bonds is 1. The first-order chi connectivity index (χ1) is 7.74. The summed E-state index contributed by atoms with van der Waals surface area (Å²) in [5, 5.41) is 17.0. The van der Waals surface area contributed by atoms with Crippen molar-refractivity contribution in [3.63, 3.8) is 0 Å². The molecule has 0 saturated carbocycles. The molecule has 0 atom stereocenters. The molecule has 1 aromatic carbocycles. The second kappa shape index (κ2) is 3.03. The molecule has 2 aromatic heterocycles. The number of nitrogens with zero attached hydrogens (tertiary/aromatic N) is 1. The number of phenols is 1. The number of nitrogens with one attached hydrogen (secondary N) is 1. The molecule has 16 heavy (non-hydrogen) atoms. The Morgan fingerprint density at radius 1 is 1.31 bits per heavy atom. The highest BCUT2D eigenvalue weighted by Crippen LogP contribution is 2.32. The van der Waals surface area contributed by atoms with E-state index in [-0.39, 0.29) is 5.75 Å². The largest absolute Gasteiger partial charge is 0.504 e. The van der Waals surface area contributed by atoms with Crippen LogP contribution < -0.4 is 5.73 Å². The molecule has 80 valence electrons. The van der Waals surface area contributed by atoms with Gasteiger partial charge in [-0.25, -0.2) is 0 Å². The number of aromatic amines is 1. The first kappa shape index (κ1) is 8.84. The predicted octanol–water partition coefficient (Wildman–Crippen LogP) is 2.11. The molecule has 0 aliphatic carbocycles. The number of fused-ring (bicyclic) bond motifs is 1. The molecule has 4 N–H and O–H groups in total. The van der Waals surface area contributed by atoms with Gasteiger partial charge in [-0.1, -0.05) is 12.1 Å². The van der Waals surface area contributed by atoms with Crippen molar-refractivity contribution in [2.75, 3.05) is 5.73 Å². The van der Waals surface area contributed by atoms with E-state index >= 15 is 0 Å². The highest BCUT2D eigenvalue weighted by molar-refractivity contribution is 5.86. The molecule has 0 saturated heterocycles. The van der Waals surface area contributed by atoms with Crippen molar-refractivity contribution >= 4 is 16.8 Å². The van der Waals surface area contributed by atoms with Gasteiger partial charge in [0.1, 0.15) is 11.5 Å². The van der Waals surface area contributed by atoms with Crippen LogP contribution in [0.3, 0.4) is 0 Å². The summed E-state index contributed by atoms with van der Waals surface area (Å²) in [5.41, 5.74) is 6.66. The fourth-order valence-electron chi connectivity index (χ4n) is 1.64. The quantitative estimate of drug-likeness (QED) is 0.580. The van der Waals surface area contributed by atoms with E-state index in [2.05, 4.69) is 10.2 Å². The van der Waals surface area contributed by atoms with Gasteiger partial charge in [-0.05, 0) is 12.1 Å². The van der Waals surface area contributed by atoms with Gasteiger partial charge in [0.05, 0.1) is 0 Å². The summed E-state index contributed by atoms with van der Waals surface area (Å²) < 4.78 is 5.52. The van der Waals surface area contributed by atoms with Crippen LogP contribution in [0.25, 0.3) is 22.4 Å². The lowest BCUT2D eigenvalue weighted by Crippen LogP contribution is -1.81. The van der Waals surface area contributed by atoms with Gasteiger partial charge in [-0.3, -0.25) is 5.10 Å². The van der Waals surface area contributed by atoms with Crippen molar-refractivity contribution in [2.24, 2.45) is 0 Å². The molecule has 0 spiro atoms. The van der Waals surface area contributed by atoms with Gasteiger partial charge >= 0.3 is 0 Å². The maximum Gasteiger partial charge on any atom is 0.176 e. The molecule has 0 fully saturated rings. The standard InChI is InChI=1S/C11H9N3O2/c12-10-5-7(13-14-10)9-4-6-2-1-3-8(15)11(6)16-9/h1-5,15H,(H3,12,13,14). The fraction of sp³-hybridized carbons (Fsp3) is 0. The van der Waals surface area contributed by atoms with Gasteiger partial charge in [-0.2, -0.15) is 5.10 Å². The van der Waals surface area contributed by atoms with Crippen molar-refractivity contribution in [1.82, 2.24) is 10.2 Å². The molecule has 0 unspecified atom stereocenters. The third-order valence-corrected chi connectivity index (χ3v) is 2.39. The Morgan fingerprint density at radius 3 is 2.88 bits per heavy atom. The molecule has 0 aliphatic heterocycles. The van der Waals surface area contributed by atoms with Crippen molar-refractivity contribution < 1.29 is 9.52 Å². The predicted molar refractivity (Wildman–Crippen MR) is 59.9 cm³/mol. The summed E-state index contributed by atoms with van der Waals surface area (Å²) >= 11 is 0. The Labute approximate surface area is 90.5 Å². The van der Waals surface area contributed by atoms with E-state index in [1.165, 1.54) is 0 Å². The van der Waals surface area contributed by atoms with Crippen LogP contribution in [0.2, 0.25) is 0 Å². The van der Waals surface area contributed by atoms with Crippen LogP contribution in [0.4, 0.5) is 5.82 Å². The first-order valence-corrected chi connectivity index (χ1v) is 4.77. The molecule has 0 bridgehead atoms. The van der Waals surface area contributed by atoms with Crippen LogP contribution in [0.1, 0.15) is 0 Å². The van der Waals surface area contributed by atoms with E-state index in [0.717, 1.165) is 5.39 Å². The molecule has 5 nitrogen and oxygen atoms in total. The molecular weight excluding hydrogens is 206 g/mol. The smallest absolute Gasteiger partial charge is 0.176 e. The number of para-hydroxylation sites is 1. The Morgan fingerprint density at radius 2 is 2.19 bits per heavy atom. The highest BCUT2D eigenvalue weighted by atomic mass is 16.4. The first-order valence-electron chi connectivity index (χ1n) is 4.77. The van der Waals surface area contributed by atoms with Crippen LogP contribution in [0.15, 0.2) is 34.7 Å². The number of benzene rings is 1. The van der Waals surface area contributed by atoms with Crippen LogP contribution in [0.5, 0.6) is 5.75 Å². The molecular formula is C11H9N3O2. The zero-order chi connectivity index (χ0) is 11.1. The number of hydrogen-bond donors (Lipinski definition) is 3. The fourth-order valence-corrected chi connectivity index (χ4v) is 1.64. The molecule has 0 aliphatic rings. The monoisotopic (exact) mass is 215 g/mol.